The van der Waals surface area contributed by atoms with Gasteiger partial charge < -0.3 is 5.32 Å². The summed E-state index contributed by atoms with van der Waals surface area (Å²) >= 11 is 26.3. The smallest absolute Gasteiger partial charge is 0.258 e. The Labute approximate surface area is 156 Å². The summed E-state index contributed by atoms with van der Waals surface area (Å²) in [5, 5.41) is 6.43. The lowest BCUT2D eigenvalue weighted by atomic mass is 10.2. The Kier molecular flexibility index (Phi) is 6.06. The van der Waals surface area contributed by atoms with E-state index in [1.54, 1.807) is 18.2 Å². The minimum Gasteiger partial charge on any atom is -0.330 e. The van der Waals surface area contributed by atoms with Crippen LogP contribution in [0.3, 0.4) is 0 Å². The van der Waals surface area contributed by atoms with Gasteiger partial charge in [-0.1, -0.05) is 46.9 Å². The van der Waals surface area contributed by atoms with Gasteiger partial charge in [0.25, 0.3) is 5.91 Å². The minimum absolute atomic E-state index is 0.0758. The summed E-state index contributed by atoms with van der Waals surface area (Å²) in [5.74, 6) is -0.355. The molecule has 0 radical (unpaired) electrons. The zero-order valence-electron chi connectivity index (χ0n) is 10.8. The van der Waals surface area contributed by atoms with Crippen molar-refractivity contribution in [2.45, 2.75) is 0 Å². The molecule has 0 atom stereocenters. The zero-order chi connectivity index (χ0) is 16.3. The Morgan fingerprint density at radius 2 is 1.68 bits per heavy atom. The monoisotopic (exact) mass is 436 g/mol. The first-order valence-electron chi connectivity index (χ1n) is 5.90. The van der Waals surface area contributed by atoms with Crippen LogP contribution in [0.4, 0.5) is 5.69 Å². The molecule has 0 bridgehead atoms. The van der Waals surface area contributed by atoms with Crippen LogP contribution in [0.1, 0.15) is 10.4 Å². The van der Waals surface area contributed by atoms with Gasteiger partial charge in [0, 0.05) is 9.50 Å². The number of nitrogens with one attached hydrogen (secondary N) is 2. The van der Waals surface area contributed by atoms with Crippen LogP contribution in [0.2, 0.25) is 15.1 Å². The standard InChI is InChI=1S/C14H8BrCl3N2OS/c15-9-4-2-1-3-8(9)13(21)20-14(22)19-12-10(17)5-7(16)6-11(12)18/h1-6H,(H2,19,20,21,22). The molecule has 2 aromatic rings. The van der Waals surface area contributed by atoms with Crippen molar-refractivity contribution in [3.63, 3.8) is 0 Å². The molecule has 0 heterocycles. The Morgan fingerprint density at radius 1 is 1.09 bits per heavy atom. The summed E-state index contributed by atoms with van der Waals surface area (Å²) in [6.45, 7) is 0. The summed E-state index contributed by atoms with van der Waals surface area (Å²) in [4.78, 5) is 12.1. The van der Waals surface area contributed by atoms with E-state index in [9.17, 15) is 4.79 Å². The van der Waals surface area contributed by atoms with Gasteiger partial charge in [-0.05, 0) is 52.4 Å². The maximum Gasteiger partial charge on any atom is 0.258 e. The first-order valence-corrected chi connectivity index (χ1v) is 8.23. The van der Waals surface area contributed by atoms with Crippen LogP contribution in [0, 0.1) is 0 Å². The summed E-state index contributed by atoms with van der Waals surface area (Å²) in [5.41, 5.74) is 0.838. The molecule has 0 aliphatic heterocycles. The second-order valence-corrected chi connectivity index (χ2v) is 6.65. The molecular weight excluding hydrogens is 430 g/mol. The van der Waals surface area contributed by atoms with E-state index in [1.165, 1.54) is 12.1 Å². The maximum atomic E-state index is 12.1. The highest BCUT2D eigenvalue weighted by molar-refractivity contribution is 9.10. The Hall–Kier alpha value is -0.850. The first kappa shape index (κ1) is 17.5. The molecule has 22 heavy (non-hydrogen) atoms. The number of benzene rings is 2. The molecule has 0 aliphatic carbocycles. The van der Waals surface area contributed by atoms with Crippen LogP contribution < -0.4 is 10.6 Å². The maximum absolute atomic E-state index is 12.1. The summed E-state index contributed by atoms with van der Waals surface area (Å²) < 4.78 is 0.665. The number of halogens is 4. The average Bonchev–Trinajstić information content (AvgIpc) is 2.43. The molecule has 0 fully saturated rings. The summed E-state index contributed by atoms with van der Waals surface area (Å²) in [6.07, 6.45) is 0. The molecular formula is C14H8BrCl3N2OS. The molecule has 8 heteroatoms. The van der Waals surface area contributed by atoms with Crippen molar-refractivity contribution in [2.24, 2.45) is 0 Å². The third kappa shape index (κ3) is 4.33. The van der Waals surface area contributed by atoms with E-state index in [1.807, 2.05) is 6.07 Å². The van der Waals surface area contributed by atoms with Gasteiger partial charge in [-0.2, -0.15) is 0 Å². The zero-order valence-corrected chi connectivity index (χ0v) is 15.5. The second-order valence-electron chi connectivity index (χ2n) is 4.13. The lowest BCUT2D eigenvalue weighted by Gasteiger charge is -2.13. The largest absolute Gasteiger partial charge is 0.330 e. The highest BCUT2D eigenvalue weighted by atomic mass is 79.9. The first-order chi connectivity index (χ1) is 10.4. The van der Waals surface area contributed by atoms with E-state index < -0.39 is 0 Å². The predicted octanol–water partition coefficient (Wildman–Crippen LogP) is 5.54. The lowest BCUT2D eigenvalue weighted by molar-refractivity contribution is 0.0977. The fourth-order valence-electron chi connectivity index (χ4n) is 1.62. The Bertz CT molecular complexity index is 732. The van der Waals surface area contributed by atoms with Crippen LogP contribution in [0.15, 0.2) is 40.9 Å². The number of carbonyl (C=O) groups is 1. The van der Waals surface area contributed by atoms with Crippen molar-refractivity contribution < 1.29 is 4.79 Å². The molecule has 0 spiro atoms. The molecule has 0 saturated heterocycles. The summed E-state index contributed by atoms with van der Waals surface area (Å²) in [7, 11) is 0. The van der Waals surface area contributed by atoms with Crippen molar-refractivity contribution in [1.29, 1.82) is 0 Å². The quantitative estimate of drug-likeness (QED) is 0.605. The van der Waals surface area contributed by atoms with Crippen molar-refractivity contribution in [2.75, 3.05) is 5.32 Å². The second kappa shape index (κ2) is 7.62. The number of carbonyl (C=O) groups excluding carboxylic acids is 1. The highest BCUT2D eigenvalue weighted by Crippen LogP contribution is 2.33. The van der Waals surface area contributed by atoms with E-state index in [4.69, 9.17) is 47.0 Å². The van der Waals surface area contributed by atoms with Crippen molar-refractivity contribution in [1.82, 2.24) is 5.32 Å². The Balaban J connectivity index is 2.11. The van der Waals surface area contributed by atoms with Gasteiger partial charge in [0.15, 0.2) is 5.11 Å². The Morgan fingerprint density at radius 3 is 2.27 bits per heavy atom. The van der Waals surface area contributed by atoms with Gasteiger partial charge in [0.1, 0.15) is 0 Å². The van der Waals surface area contributed by atoms with Crippen LogP contribution in [0.5, 0.6) is 0 Å². The fraction of sp³-hybridized carbons (Fsp3) is 0. The van der Waals surface area contributed by atoms with Gasteiger partial charge in [0.2, 0.25) is 0 Å². The molecule has 0 aliphatic rings. The van der Waals surface area contributed by atoms with E-state index in [0.29, 0.717) is 30.8 Å². The minimum atomic E-state index is -0.355. The SMILES string of the molecule is O=C(NC(=S)Nc1c(Cl)cc(Cl)cc1Cl)c1ccccc1Br. The van der Waals surface area contributed by atoms with Crippen LogP contribution in [0.25, 0.3) is 0 Å². The highest BCUT2D eigenvalue weighted by Gasteiger charge is 2.13. The lowest BCUT2D eigenvalue weighted by Crippen LogP contribution is -2.34. The van der Waals surface area contributed by atoms with E-state index in [-0.39, 0.29) is 11.0 Å². The number of anilines is 1. The number of amides is 1. The third-order valence-corrected chi connectivity index (χ3v) is 4.30. The fourth-order valence-corrected chi connectivity index (χ4v) is 3.19. The average molecular weight is 439 g/mol. The molecule has 2 N–H and O–H groups in total. The van der Waals surface area contributed by atoms with Crippen molar-refractivity contribution in [3.05, 3.63) is 61.5 Å². The number of hydrogen-bond acceptors (Lipinski definition) is 2. The van der Waals surface area contributed by atoms with E-state index in [0.717, 1.165) is 0 Å². The molecule has 1 amide bonds. The molecule has 0 unspecified atom stereocenters. The van der Waals surface area contributed by atoms with E-state index >= 15 is 0 Å². The number of rotatable bonds is 2. The van der Waals surface area contributed by atoms with E-state index in [2.05, 4.69) is 26.6 Å². The van der Waals surface area contributed by atoms with Crippen LogP contribution >= 0.6 is 63.0 Å². The molecule has 0 aromatic heterocycles. The molecule has 2 aromatic carbocycles. The topological polar surface area (TPSA) is 41.1 Å². The van der Waals surface area contributed by atoms with Crippen molar-refractivity contribution >= 4 is 79.7 Å². The van der Waals surface area contributed by atoms with Crippen LogP contribution in [-0.4, -0.2) is 11.0 Å². The van der Waals surface area contributed by atoms with Gasteiger partial charge in [0.05, 0.1) is 21.3 Å². The molecule has 3 nitrogen and oxygen atoms in total. The van der Waals surface area contributed by atoms with Gasteiger partial charge >= 0.3 is 0 Å². The number of thiocarbonyl (C=S) groups is 1. The molecule has 114 valence electrons. The normalized spacial score (nSPS) is 10.2. The van der Waals surface area contributed by atoms with Gasteiger partial charge in [-0.25, -0.2) is 0 Å². The van der Waals surface area contributed by atoms with Crippen LogP contribution in [-0.2, 0) is 0 Å². The molecule has 0 saturated carbocycles. The van der Waals surface area contributed by atoms with Crippen molar-refractivity contribution in [3.8, 4) is 0 Å². The van der Waals surface area contributed by atoms with Gasteiger partial charge in [-0.3, -0.25) is 10.1 Å². The predicted molar refractivity (Wildman–Crippen MR) is 99.3 cm³/mol. The summed E-state index contributed by atoms with van der Waals surface area (Å²) in [6, 6.07) is 10.0. The number of hydrogen-bond donors (Lipinski definition) is 2. The molecule has 2 rings (SSSR count). The third-order valence-electron chi connectivity index (χ3n) is 2.59. The van der Waals surface area contributed by atoms with Gasteiger partial charge in [-0.15, -0.1) is 0 Å².